The average Bonchev–Trinajstić information content (AvgIpc) is 3.04. The number of amides is 2. The monoisotopic (exact) mass is 397 g/mol. The zero-order valence-corrected chi connectivity index (χ0v) is 16.2. The first kappa shape index (κ1) is 18.3. The Morgan fingerprint density at radius 2 is 1.50 bits per heavy atom. The number of benzene rings is 3. The minimum absolute atomic E-state index is 0.200. The lowest BCUT2D eigenvalue weighted by molar-refractivity contribution is -0.122. The maximum absolute atomic E-state index is 12.8. The van der Waals surface area contributed by atoms with E-state index in [2.05, 4.69) is 0 Å². The van der Waals surface area contributed by atoms with Crippen LogP contribution in [0.3, 0.4) is 0 Å². The molecule has 2 amide bonds. The van der Waals surface area contributed by atoms with E-state index in [1.54, 1.807) is 30.3 Å². The van der Waals surface area contributed by atoms with Gasteiger partial charge in [0.2, 0.25) is 11.8 Å². The van der Waals surface area contributed by atoms with Crippen molar-refractivity contribution in [3.05, 3.63) is 84.4 Å². The van der Waals surface area contributed by atoms with Gasteiger partial charge in [-0.3, -0.25) is 14.5 Å². The highest BCUT2D eigenvalue weighted by Gasteiger charge is 2.47. The molecule has 5 heteroatoms. The van der Waals surface area contributed by atoms with E-state index >= 15 is 0 Å². The van der Waals surface area contributed by atoms with Crippen LogP contribution in [-0.4, -0.2) is 17.8 Å². The molecule has 30 heavy (non-hydrogen) atoms. The van der Waals surface area contributed by atoms with E-state index in [1.165, 1.54) is 4.90 Å². The summed E-state index contributed by atoms with van der Waals surface area (Å²) in [6, 6.07) is 19.7. The Morgan fingerprint density at radius 3 is 2.27 bits per heavy atom. The molecule has 0 radical (unpaired) electrons. The third-order valence-corrected chi connectivity index (χ3v) is 5.80. The average molecular weight is 397 g/mol. The molecule has 1 aliphatic heterocycles. The number of esters is 1. The lowest BCUT2D eigenvalue weighted by Crippen LogP contribution is -2.31. The second-order valence-electron chi connectivity index (χ2n) is 7.58. The van der Waals surface area contributed by atoms with Gasteiger partial charge in [0.25, 0.3) is 0 Å². The molecule has 5 rings (SSSR count). The zero-order valence-electron chi connectivity index (χ0n) is 16.2. The summed E-state index contributed by atoms with van der Waals surface area (Å²) < 4.78 is 5.64. The van der Waals surface area contributed by atoms with Crippen LogP contribution in [0.4, 0.5) is 5.69 Å². The number of allylic oxidation sites excluding steroid dienone is 2. The van der Waals surface area contributed by atoms with Crippen molar-refractivity contribution in [1.82, 2.24) is 0 Å². The first-order chi connectivity index (χ1) is 14.6. The topological polar surface area (TPSA) is 63.7 Å². The van der Waals surface area contributed by atoms with Gasteiger partial charge >= 0.3 is 5.97 Å². The summed E-state index contributed by atoms with van der Waals surface area (Å²) in [7, 11) is 0. The summed E-state index contributed by atoms with van der Waals surface area (Å²) >= 11 is 0. The molecule has 2 atom stereocenters. The second-order valence-corrected chi connectivity index (χ2v) is 7.58. The summed E-state index contributed by atoms with van der Waals surface area (Å²) in [5.41, 5.74) is 0.695. The van der Waals surface area contributed by atoms with Gasteiger partial charge in [0.1, 0.15) is 5.75 Å². The van der Waals surface area contributed by atoms with E-state index in [0.29, 0.717) is 24.3 Å². The number of imide groups is 1. The van der Waals surface area contributed by atoms with E-state index in [4.69, 9.17) is 4.74 Å². The van der Waals surface area contributed by atoms with Crippen LogP contribution in [0.5, 0.6) is 5.75 Å². The smallest absolute Gasteiger partial charge is 0.343 e. The Morgan fingerprint density at radius 1 is 0.833 bits per heavy atom. The van der Waals surface area contributed by atoms with Crippen molar-refractivity contribution < 1.29 is 19.1 Å². The van der Waals surface area contributed by atoms with E-state index in [1.807, 2.05) is 48.6 Å². The highest BCUT2D eigenvalue weighted by molar-refractivity contribution is 6.22. The summed E-state index contributed by atoms with van der Waals surface area (Å²) in [5.74, 6) is -1.09. The number of carbonyl (C=O) groups is 3. The SMILES string of the molecule is O=C(Oc1cccc2ccccc12)c1cccc(N2C(=O)[C@H]3CC=CC[C@@H]3C2=O)c1. The van der Waals surface area contributed by atoms with Crippen molar-refractivity contribution >= 4 is 34.2 Å². The van der Waals surface area contributed by atoms with Crippen molar-refractivity contribution in [1.29, 1.82) is 0 Å². The molecule has 0 spiro atoms. The van der Waals surface area contributed by atoms with Crippen LogP contribution in [0.2, 0.25) is 0 Å². The minimum atomic E-state index is -0.536. The molecule has 148 valence electrons. The Bertz CT molecular complexity index is 1180. The fourth-order valence-corrected chi connectivity index (χ4v) is 4.27. The fraction of sp³-hybridized carbons (Fsp3) is 0.160. The second kappa shape index (κ2) is 7.26. The van der Waals surface area contributed by atoms with Crippen molar-refractivity contribution in [2.24, 2.45) is 11.8 Å². The highest BCUT2D eigenvalue weighted by Crippen LogP contribution is 2.38. The molecule has 5 nitrogen and oxygen atoms in total. The molecule has 0 bridgehead atoms. The molecule has 3 aromatic carbocycles. The van der Waals surface area contributed by atoms with Gasteiger partial charge in [-0.25, -0.2) is 4.79 Å². The minimum Gasteiger partial charge on any atom is -0.422 e. The molecule has 0 saturated carbocycles. The first-order valence-electron chi connectivity index (χ1n) is 9.96. The number of ether oxygens (including phenoxy) is 1. The number of fused-ring (bicyclic) bond motifs is 2. The summed E-state index contributed by atoms with van der Waals surface area (Å²) in [6.07, 6.45) is 5.06. The van der Waals surface area contributed by atoms with Crippen molar-refractivity contribution in [3.8, 4) is 5.75 Å². The lowest BCUT2D eigenvalue weighted by atomic mass is 9.85. The van der Waals surface area contributed by atoms with Crippen LogP contribution in [0.1, 0.15) is 23.2 Å². The van der Waals surface area contributed by atoms with Crippen LogP contribution in [0.15, 0.2) is 78.9 Å². The Hall–Kier alpha value is -3.73. The number of hydrogen-bond acceptors (Lipinski definition) is 4. The molecule has 2 aliphatic rings. The molecular formula is C25H19NO4. The molecule has 3 aromatic rings. The van der Waals surface area contributed by atoms with Gasteiger partial charge in [0, 0.05) is 5.39 Å². The van der Waals surface area contributed by atoms with E-state index < -0.39 is 5.97 Å². The standard InChI is InChI=1S/C25H19NO4/c27-23-20-12-3-4-13-21(20)24(28)26(23)18-10-5-9-17(15-18)25(29)30-22-14-6-8-16-7-1-2-11-19(16)22/h1-11,14-15,20-21H,12-13H2/t20-,21-/m0/s1. The molecule has 0 unspecified atom stereocenters. The molecule has 1 fully saturated rings. The molecule has 0 N–H and O–H groups in total. The molecule has 1 saturated heterocycles. The van der Waals surface area contributed by atoms with Crippen LogP contribution in [-0.2, 0) is 9.59 Å². The van der Waals surface area contributed by atoms with Crippen LogP contribution < -0.4 is 9.64 Å². The van der Waals surface area contributed by atoms with Crippen molar-refractivity contribution in [2.75, 3.05) is 4.90 Å². The fourth-order valence-electron chi connectivity index (χ4n) is 4.27. The van der Waals surface area contributed by atoms with Gasteiger partial charge in [0.15, 0.2) is 0 Å². The number of carbonyl (C=O) groups excluding carboxylic acids is 3. The van der Waals surface area contributed by atoms with Gasteiger partial charge in [-0.05, 0) is 42.5 Å². The Balaban J connectivity index is 1.43. The van der Waals surface area contributed by atoms with Crippen LogP contribution in [0.25, 0.3) is 10.8 Å². The Labute approximate surface area is 173 Å². The number of rotatable bonds is 3. The maximum Gasteiger partial charge on any atom is 0.343 e. The highest BCUT2D eigenvalue weighted by atomic mass is 16.5. The van der Waals surface area contributed by atoms with Crippen molar-refractivity contribution in [3.63, 3.8) is 0 Å². The predicted molar refractivity (Wildman–Crippen MR) is 113 cm³/mol. The molecule has 1 heterocycles. The number of nitrogens with zero attached hydrogens (tertiary/aromatic N) is 1. The molecule has 0 aromatic heterocycles. The summed E-state index contributed by atoms with van der Waals surface area (Å²) in [4.78, 5) is 39.7. The third kappa shape index (κ3) is 2.99. The third-order valence-electron chi connectivity index (χ3n) is 5.80. The lowest BCUT2D eigenvalue weighted by Gasteiger charge is -2.16. The van der Waals surface area contributed by atoms with E-state index in [-0.39, 0.29) is 29.2 Å². The van der Waals surface area contributed by atoms with Crippen LogP contribution >= 0.6 is 0 Å². The van der Waals surface area contributed by atoms with Gasteiger partial charge < -0.3 is 4.74 Å². The zero-order chi connectivity index (χ0) is 20.7. The van der Waals surface area contributed by atoms with E-state index in [9.17, 15) is 14.4 Å². The quantitative estimate of drug-likeness (QED) is 0.282. The first-order valence-corrected chi connectivity index (χ1v) is 9.96. The number of hydrogen-bond donors (Lipinski definition) is 0. The normalized spacial score (nSPS) is 20.5. The van der Waals surface area contributed by atoms with E-state index in [0.717, 1.165) is 10.8 Å². The van der Waals surface area contributed by atoms with Gasteiger partial charge in [0.05, 0.1) is 23.1 Å². The predicted octanol–water partition coefficient (Wildman–Crippen LogP) is 4.51. The summed E-state index contributed by atoms with van der Waals surface area (Å²) in [6.45, 7) is 0. The largest absolute Gasteiger partial charge is 0.422 e. The molecule has 1 aliphatic carbocycles. The summed E-state index contributed by atoms with van der Waals surface area (Å²) in [5, 5.41) is 1.81. The molecular weight excluding hydrogens is 378 g/mol. The van der Waals surface area contributed by atoms with Crippen molar-refractivity contribution in [2.45, 2.75) is 12.8 Å². The van der Waals surface area contributed by atoms with Gasteiger partial charge in [-0.2, -0.15) is 0 Å². The number of anilines is 1. The van der Waals surface area contributed by atoms with Gasteiger partial charge in [-0.15, -0.1) is 0 Å². The Kier molecular flexibility index (Phi) is 4.43. The maximum atomic E-state index is 12.8. The van der Waals surface area contributed by atoms with Crippen LogP contribution in [0, 0.1) is 11.8 Å². The van der Waals surface area contributed by atoms with Gasteiger partial charge in [-0.1, -0.05) is 54.6 Å².